The molecule has 0 bridgehead atoms. The first kappa shape index (κ1) is 14.8. The number of nitrogens with zero attached hydrogens (tertiary/aromatic N) is 1. The van der Waals surface area contributed by atoms with Crippen molar-refractivity contribution in [3.8, 4) is 0 Å². The van der Waals surface area contributed by atoms with E-state index >= 15 is 0 Å². The Morgan fingerprint density at radius 1 is 1.30 bits per heavy atom. The third-order valence-electron chi connectivity index (χ3n) is 3.52. The van der Waals surface area contributed by atoms with Gasteiger partial charge in [0, 0.05) is 19.5 Å². The van der Waals surface area contributed by atoms with Gasteiger partial charge in [0.1, 0.15) is 0 Å². The maximum absolute atomic E-state index is 13.1. The Bertz CT molecular complexity index is 484. The molecule has 0 aromatic heterocycles. The first-order chi connectivity index (χ1) is 9.45. The molecule has 0 radical (unpaired) electrons. The summed E-state index contributed by atoms with van der Waals surface area (Å²) >= 11 is 0. The summed E-state index contributed by atoms with van der Waals surface area (Å²) in [7, 11) is 0. The molecule has 1 aromatic rings. The Hall–Kier alpha value is -1.56. The van der Waals surface area contributed by atoms with Crippen LogP contribution in [0.1, 0.15) is 24.8 Å². The molecule has 1 fully saturated rings. The molecule has 1 aromatic carbocycles. The van der Waals surface area contributed by atoms with Crippen molar-refractivity contribution in [2.75, 3.05) is 13.1 Å². The van der Waals surface area contributed by atoms with E-state index in [1.165, 1.54) is 0 Å². The van der Waals surface area contributed by atoms with Crippen molar-refractivity contribution in [1.29, 1.82) is 0 Å². The van der Waals surface area contributed by atoms with Crippen LogP contribution < -0.4 is 0 Å². The van der Waals surface area contributed by atoms with E-state index in [9.17, 15) is 18.0 Å². The fraction of sp³-hybridized carbons (Fsp3) is 0.500. The summed E-state index contributed by atoms with van der Waals surface area (Å²) in [5, 5.41) is 8.79. The van der Waals surface area contributed by atoms with E-state index in [0.29, 0.717) is 18.7 Å². The summed E-state index contributed by atoms with van der Waals surface area (Å²) in [6.07, 6.45) is 1.79. The molecule has 2 rings (SSSR count). The van der Waals surface area contributed by atoms with Crippen molar-refractivity contribution < 1.29 is 23.1 Å². The lowest BCUT2D eigenvalue weighted by Crippen LogP contribution is -2.35. The molecule has 1 saturated heterocycles. The molecule has 110 valence electrons. The number of hydrogen-bond acceptors (Lipinski definition) is 2. The van der Waals surface area contributed by atoms with Crippen LogP contribution in [0.2, 0.25) is 0 Å². The minimum atomic E-state index is -1.46. The lowest BCUT2D eigenvalue weighted by atomic mass is 9.94. The van der Waals surface area contributed by atoms with Crippen molar-refractivity contribution in [3.05, 3.63) is 35.1 Å². The third kappa shape index (κ3) is 3.72. The van der Waals surface area contributed by atoms with Crippen LogP contribution in [0.4, 0.5) is 13.2 Å². The van der Waals surface area contributed by atoms with Crippen molar-refractivity contribution in [2.45, 2.75) is 25.8 Å². The van der Waals surface area contributed by atoms with Crippen LogP contribution in [0.15, 0.2) is 12.1 Å². The molecule has 0 spiro atoms. The van der Waals surface area contributed by atoms with Gasteiger partial charge in [-0.2, -0.15) is 0 Å². The SMILES string of the molecule is O=C(O)CC1CCCN(Cc2cc(F)c(F)c(F)c2)C1. The standard InChI is InChI=1S/C14H16F3NO2/c15-11-4-10(5-12(16)14(11)17)8-18-3-1-2-9(7-18)6-13(19)20/h4-5,9H,1-3,6-8H2,(H,19,20). The lowest BCUT2D eigenvalue weighted by Gasteiger charge is -2.32. The second-order valence-corrected chi connectivity index (χ2v) is 5.21. The summed E-state index contributed by atoms with van der Waals surface area (Å²) in [5.41, 5.74) is 0.359. The predicted octanol–water partition coefficient (Wildman–Crippen LogP) is 2.79. The van der Waals surface area contributed by atoms with Crippen LogP contribution in [0, 0.1) is 23.4 Å². The number of benzene rings is 1. The van der Waals surface area contributed by atoms with E-state index in [0.717, 1.165) is 31.5 Å². The number of halogens is 3. The van der Waals surface area contributed by atoms with Gasteiger partial charge in [0.25, 0.3) is 0 Å². The molecule has 0 amide bonds. The van der Waals surface area contributed by atoms with E-state index in [1.807, 2.05) is 4.90 Å². The quantitative estimate of drug-likeness (QED) is 0.866. The zero-order chi connectivity index (χ0) is 14.7. The van der Waals surface area contributed by atoms with Crippen LogP contribution in [-0.4, -0.2) is 29.1 Å². The van der Waals surface area contributed by atoms with Gasteiger partial charge in [-0.15, -0.1) is 0 Å². The number of aliphatic carboxylic acids is 1. The molecule has 1 N–H and O–H groups in total. The summed E-state index contributed by atoms with van der Waals surface area (Å²) in [4.78, 5) is 12.6. The summed E-state index contributed by atoms with van der Waals surface area (Å²) < 4.78 is 39.1. The number of piperidine rings is 1. The normalized spacial score (nSPS) is 20.1. The zero-order valence-corrected chi connectivity index (χ0v) is 10.9. The molecule has 1 unspecified atom stereocenters. The van der Waals surface area contributed by atoms with Gasteiger partial charge in [-0.05, 0) is 43.0 Å². The van der Waals surface area contributed by atoms with Crippen molar-refractivity contribution in [3.63, 3.8) is 0 Å². The molecule has 0 aliphatic carbocycles. The Labute approximate surface area is 115 Å². The Morgan fingerprint density at radius 3 is 2.55 bits per heavy atom. The third-order valence-corrected chi connectivity index (χ3v) is 3.52. The van der Waals surface area contributed by atoms with Gasteiger partial charge < -0.3 is 5.11 Å². The number of carbonyl (C=O) groups is 1. The molecule has 1 atom stereocenters. The zero-order valence-electron chi connectivity index (χ0n) is 10.9. The first-order valence-corrected chi connectivity index (χ1v) is 6.53. The van der Waals surface area contributed by atoms with E-state index in [4.69, 9.17) is 5.11 Å². The largest absolute Gasteiger partial charge is 0.481 e. The van der Waals surface area contributed by atoms with Crippen LogP contribution >= 0.6 is 0 Å². The Balaban J connectivity index is 2.01. The molecule has 1 aliphatic heterocycles. The maximum atomic E-state index is 13.1. The summed E-state index contributed by atoms with van der Waals surface area (Å²) in [5.74, 6) is -4.64. The van der Waals surface area contributed by atoms with Crippen molar-refractivity contribution in [2.24, 2.45) is 5.92 Å². The Kier molecular flexibility index (Phi) is 4.65. The summed E-state index contributed by atoms with van der Waals surface area (Å²) in [6, 6.07) is 1.97. The molecule has 1 heterocycles. The number of rotatable bonds is 4. The average Bonchev–Trinajstić information content (AvgIpc) is 2.35. The van der Waals surface area contributed by atoms with Gasteiger partial charge in [-0.25, -0.2) is 13.2 Å². The highest BCUT2D eigenvalue weighted by Gasteiger charge is 2.22. The number of hydrogen-bond donors (Lipinski definition) is 1. The van der Waals surface area contributed by atoms with Crippen molar-refractivity contribution >= 4 is 5.97 Å². The molecule has 0 saturated carbocycles. The second-order valence-electron chi connectivity index (χ2n) is 5.21. The number of likely N-dealkylation sites (tertiary alicyclic amines) is 1. The monoisotopic (exact) mass is 287 g/mol. The molecule has 20 heavy (non-hydrogen) atoms. The van der Waals surface area contributed by atoms with Crippen LogP contribution in [-0.2, 0) is 11.3 Å². The topological polar surface area (TPSA) is 40.5 Å². The van der Waals surface area contributed by atoms with E-state index < -0.39 is 23.4 Å². The molecule has 3 nitrogen and oxygen atoms in total. The molecular weight excluding hydrogens is 271 g/mol. The fourth-order valence-electron chi connectivity index (χ4n) is 2.67. The van der Waals surface area contributed by atoms with Gasteiger partial charge in [0.15, 0.2) is 17.5 Å². The van der Waals surface area contributed by atoms with Crippen LogP contribution in [0.25, 0.3) is 0 Å². The van der Waals surface area contributed by atoms with Gasteiger partial charge >= 0.3 is 5.97 Å². The van der Waals surface area contributed by atoms with E-state index in [1.54, 1.807) is 0 Å². The van der Waals surface area contributed by atoms with Crippen LogP contribution in [0.5, 0.6) is 0 Å². The van der Waals surface area contributed by atoms with Gasteiger partial charge in [-0.3, -0.25) is 9.69 Å². The first-order valence-electron chi connectivity index (χ1n) is 6.53. The maximum Gasteiger partial charge on any atom is 0.303 e. The second kappa shape index (κ2) is 6.26. The average molecular weight is 287 g/mol. The molecular formula is C14H16F3NO2. The smallest absolute Gasteiger partial charge is 0.303 e. The summed E-state index contributed by atoms with van der Waals surface area (Å²) in [6.45, 7) is 1.62. The van der Waals surface area contributed by atoms with Crippen LogP contribution in [0.3, 0.4) is 0 Å². The van der Waals surface area contributed by atoms with E-state index in [-0.39, 0.29) is 12.3 Å². The molecule has 1 aliphatic rings. The van der Waals surface area contributed by atoms with E-state index in [2.05, 4.69) is 0 Å². The highest BCUT2D eigenvalue weighted by atomic mass is 19.2. The van der Waals surface area contributed by atoms with Gasteiger partial charge in [-0.1, -0.05) is 0 Å². The highest BCUT2D eigenvalue weighted by molar-refractivity contribution is 5.67. The minimum absolute atomic E-state index is 0.0522. The van der Waals surface area contributed by atoms with Gasteiger partial charge in [0.2, 0.25) is 0 Å². The highest BCUT2D eigenvalue weighted by Crippen LogP contribution is 2.22. The number of carboxylic acid groups (broad SMARTS) is 1. The lowest BCUT2D eigenvalue weighted by molar-refractivity contribution is -0.138. The number of carboxylic acids is 1. The molecule has 6 heteroatoms. The van der Waals surface area contributed by atoms with Crippen molar-refractivity contribution in [1.82, 2.24) is 4.90 Å². The Morgan fingerprint density at radius 2 is 1.95 bits per heavy atom. The van der Waals surface area contributed by atoms with Gasteiger partial charge in [0.05, 0.1) is 0 Å². The minimum Gasteiger partial charge on any atom is -0.481 e. The fourth-order valence-corrected chi connectivity index (χ4v) is 2.67. The predicted molar refractivity (Wildman–Crippen MR) is 66.6 cm³/mol.